The Labute approximate surface area is 113 Å². The van der Waals surface area contributed by atoms with Crippen LogP contribution in [-0.2, 0) is 11.3 Å². The van der Waals surface area contributed by atoms with Crippen molar-refractivity contribution >= 4 is 5.91 Å². The van der Waals surface area contributed by atoms with Gasteiger partial charge in [0.15, 0.2) is 0 Å². The van der Waals surface area contributed by atoms with Gasteiger partial charge in [0.25, 0.3) is 0 Å². The lowest BCUT2D eigenvalue weighted by atomic mass is 10.1. The molecule has 0 saturated carbocycles. The van der Waals surface area contributed by atoms with Crippen molar-refractivity contribution < 1.29 is 9.53 Å². The van der Waals surface area contributed by atoms with Crippen molar-refractivity contribution in [1.29, 1.82) is 5.26 Å². The highest BCUT2D eigenvalue weighted by Crippen LogP contribution is 2.19. The third kappa shape index (κ3) is 5.40. The summed E-state index contributed by atoms with van der Waals surface area (Å²) in [7, 11) is 1.55. The predicted molar refractivity (Wildman–Crippen MR) is 72.5 cm³/mol. The molecule has 0 fully saturated rings. The fourth-order valence-corrected chi connectivity index (χ4v) is 1.72. The first-order chi connectivity index (χ1) is 9.17. The first-order valence-corrected chi connectivity index (χ1v) is 6.23. The Hall–Kier alpha value is -2.06. The van der Waals surface area contributed by atoms with E-state index < -0.39 is 0 Å². The highest BCUT2D eigenvalue weighted by atomic mass is 16.5. The van der Waals surface area contributed by atoms with Crippen LogP contribution in [0.15, 0.2) is 18.2 Å². The van der Waals surface area contributed by atoms with Crippen LogP contribution in [0, 0.1) is 11.3 Å². The number of nitrogens with zero attached hydrogens (tertiary/aromatic N) is 1. The molecule has 5 heteroatoms. The molecular formula is C14H19N3O2. The molecule has 0 heterocycles. The van der Waals surface area contributed by atoms with Gasteiger partial charge >= 0.3 is 0 Å². The number of ether oxygens (including phenoxy) is 1. The quantitative estimate of drug-likeness (QED) is 0.691. The molecule has 0 atom stereocenters. The number of nitrogens with one attached hydrogen (secondary N) is 1. The maximum atomic E-state index is 10.5. The molecule has 0 aliphatic rings. The smallest absolute Gasteiger partial charge is 0.217 e. The molecule has 19 heavy (non-hydrogen) atoms. The van der Waals surface area contributed by atoms with Gasteiger partial charge in [-0.1, -0.05) is 6.07 Å². The van der Waals surface area contributed by atoms with Crippen LogP contribution in [0.1, 0.15) is 30.4 Å². The van der Waals surface area contributed by atoms with E-state index in [1.54, 1.807) is 13.2 Å². The average Bonchev–Trinajstić information content (AvgIpc) is 2.42. The summed E-state index contributed by atoms with van der Waals surface area (Å²) in [4.78, 5) is 10.5. The lowest BCUT2D eigenvalue weighted by Gasteiger charge is -2.07. The molecule has 0 aliphatic heterocycles. The lowest BCUT2D eigenvalue weighted by Crippen LogP contribution is -2.16. The molecule has 0 unspecified atom stereocenters. The highest BCUT2D eigenvalue weighted by Gasteiger charge is 2.03. The Kier molecular flexibility index (Phi) is 6.41. The molecule has 1 aromatic carbocycles. The third-order valence-corrected chi connectivity index (χ3v) is 2.74. The number of hydrogen-bond donors (Lipinski definition) is 2. The maximum Gasteiger partial charge on any atom is 0.217 e. The van der Waals surface area contributed by atoms with Gasteiger partial charge in [0.1, 0.15) is 11.8 Å². The average molecular weight is 261 g/mol. The van der Waals surface area contributed by atoms with Crippen LogP contribution in [0.25, 0.3) is 0 Å². The number of nitriles is 1. The number of methoxy groups -OCH3 is 1. The first-order valence-electron chi connectivity index (χ1n) is 6.23. The summed E-state index contributed by atoms with van der Waals surface area (Å²) in [5.74, 6) is 0.340. The van der Waals surface area contributed by atoms with Gasteiger partial charge in [-0.05, 0) is 37.1 Å². The minimum Gasteiger partial charge on any atom is -0.495 e. The second-order valence-corrected chi connectivity index (χ2v) is 4.25. The van der Waals surface area contributed by atoms with Gasteiger partial charge in [0.05, 0.1) is 12.7 Å². The first kappa shape index (κ1) is 15.0. The molecule has 1 rings (SSSR count). The number of primary amides is 1. The van der Waals surface area contributed by atoms with Crippen molar-refractivity contribution in [3.63, 3.8) is 0 Å². The zero-order valence-corrected chi connectivity index (χ0v) is 11.1. The monoisotopic (exact) mass is 261 g/mol. The summed E-state index contributed by atoms with van der Waals surface area (Å²) in [6.45, 7) is 1.54. The molecule has 102 valence electrons. The van der Waals surface area contributed by atoms with E-state index in [4.69, 9.17) is 15.7 Å². The Morgan fingerprint density at radius 1 is 1.47 bits per heavy atom. The van der Waals surface area contributed by atoms with Crippen LogP contribution in [0.5, 0.6) is 5.75 Å². The van der Waals surface area contributed by atoms with Crippen molar-refractivity contribution in [2.45, 2.75) is 25.8 Å². The number of rotatable bonds is 8. The van der Waals surface area contributed by atoms with Crippen molar-refractivity contribution in [3.05, 3.63) is 29.3 Å². The van der Waals surface area contributed by atoms with Crippen molar-refractivity contribution in [3.8, 4) is 11.8 Å². The number of carbonyl (C=O) groups is 1. The maximum absolute atomic E-state index is 10.5. The molecule has 0 radical (unpaired) electrons. The Bertz CT molecular complexity index is 466. The summed E-state index contributed by atoms with van der Waals surface area (Å²) in [5, 5.41) is 12.1. The number of benzene rings is 1. The fraction of sp³-hybridized carbons (Fsp3) is 0.429. The topological polar surface area (TPSA) is 88.1 Å². The van der Waals surface area contributed by atoms with E-state index in [9.17, 15) is 4.79 Å². The molecule has 0 aliphatic carbocycles. The van der Waals surface area contributed by atoms with Crippen LogP contribution in [0.4, 0.5) is 0 Å². The second-order valence-electron chi connectivity index (χ2n) is 4.25. The molecular weight excluding hydrogens is 242 g/mol. The zero-order valence-electron chi connectivity index (χ0n) is 11.1. The van der Waals surface area contributed by atoms with Gasteiger partial charge in [0, 0.05) is 13.0 Å². The SMILES string of the molecule is COc1cc(CNCCCCC(N)=O)ccc1C#N. The summed E-state index contributed by atoms with van der Waals surface area (Å²) in [6.07, 6.45) is 2.15. The predicted octanol–water partition coefficient (Wildman–Crippen LogP) is 1.31. The van der Waals surface area contributed by atoms with Gasteiger partial charge in [-0.25, -0.2) is 0 Å². The number of amides is 1. The molecule has 1 amide bonds. The zero-order chi connectivity index (χ0) is 14.1. The fourth-order valence-electron chi connectivity index (χ4n) is 1.72. The number of nitrogens with two attached hydrogens (primary N) is 1. The van der Waals surface area contributed by atoms with Crippen molar-refractivity contribution in [2.24, 2.45) is 5.73 Å². The third-order valence-electron chi connectivity index (χ3n) is 2.74. The van der Waals surface area contributed by atoms with Crippen molar-refractivity contribution in [1.82, 2.24) is 5.32 Å². The van der Waals surface area contributed by atoms with E-state index in [-0.39, 0.29) is 5.91 Å². The van der Waals surface area contributed by atoms with Gasteiger partial charge in [-0.2, -0.15) is 5.26 Å². The van der Waals surface area contributed by atoms with Crippen LogP contribution >= 0.6 is 0 Å². The van der Waals surface area contributed by atoms with Crippen LogP contribution in [0.2, 0.25) is 0 Å². The van der Waals surface area contributed by atoms with E-state index in [1.807, 2.05) is 12.1 Å². The summed E-state index contributed by atoms with van der Waals surface area (Å²) in [6, 6.07) is 7.59. The lowest BCUT2D eigenvalue weighted by molar-refractivity contribution is -0.118. The minimum atomic E-state index is -0.253. The molecule has 0 spiro atoms. The van der Waals surface area contributed by atoms with Gasteiger partial charge in [-0.3, -0.25) is 4.79 Å². The van der Waals surface area contributed by atoms with Crippen molar-refractivity contribution in [2.75, 3.05) is 13.7 Å². The van der Waals surface area contributed by atoms with E-state index in [0.29, 0.717) is 24.3 Å². The standard InChI is InChI=1S/C14H19N3O2/c1-19-13-8-11(5-6-12(13)9-15)10-17-7-3-2-4-14(16)18/h5-6,8,17H,2-4,7,10H2,1H3,(H2,16,18). The number of carbonyl (C=O) groups excluding carboxylic acids is 1. The van der Waals surface area contributed by atoms with Crippen LogP contribution < -0.4 is 15.8 Å². The van der Waals surface area contributed by atoms with Crippen LogP contribution in [-0.4, -0.2) is 19.6 Å². The van der Waals surface area contributed by atoms with Crippen LogP contribution in [0.3, 0.4) is 0 Å². The largest absolute Gasteiger partial charge is 0.495 e. The van der Waals surface area contributed by atoms with E-state index in [2.05, 4.69) is 11.4 Å². The van der Waals surface area contributed by atoms with E-state index >= 15 is 0 Å². The molecule has 5 nitrogen and oxygen atoms in total. The molecule has 0 saturated heterocycles. The van der Waals surface area contributed by atoms with Gasteiger partial charge < -0.3 is 15.8 Å². The van der Waals surface area contributed by atoms with E-state index in [1.165, 1.54) is 0 Å². The highest BCUT2D eigenvalue weighted by molar-refractivity contribution is 5.73. The number of hydrogen-bond acceptors (Lipinski definition) is 4. The van der Waals surface area contributed by atoms with Gasteiger partial charge in [-0.15, -0.1) is 0 Å². The van der Waals surface area contributed by atoms with Gasteiger partial charge in [0.2, 0.25) is 5.91 Å². The van der Waals surface area contributed by atoms with E-state index in [0.717, 1.165) is 24.9 Å². The minimum absolute atomic E-state index is 0.253. The second kappa shape index (κ2) is 8.11. The normalized spacial score (nSPS) is 9.89. The molecule has 3 N–H and O–H groups in total. The number of unbranched alkanes of at least 4 members (excludes halogenated alkanes) is 1. The molecule has 1 aromatic rings. The Balaban J connectivity index is 2.34. The molecule has 0 bridgehead atoms. The summed E-state index contributed by atoms with van der Waals surface area (Å²) >= 11 is 0. The molecule has 0 aromatic heterocycles. The summed E-state index contributed by atoms with van der Waals surface area (Å²) < 4.78 is 5.15. The Morgan fingerprint density at radius 3 is 2.89 bits per heavy atom. The summed E-state index contributed by atoms with van der Waals surface area (Å²) in [5.41, 5.74) is 6.65. The Morgan fingerprint density at radius 2 is 2.26 bits per heavy atom.